The summed E-state index contributed by atoms with van der Waals surface area (Å²) in [6, 6.07) is 16.0. The predicted octanol–water partition coefficient (Wildman–Crippen LogP) is 4.51. The standard InChI is InChI=1S/C15H9BrN2O/c16-11-7-5-10(6-8-11)12-9-18-13-3-1-2-4-14(13)19-15(18)17-12/h1-9H. The van der Waals surface area contributed by atoms with E-state index in [1.165, 1.54) is 0 Å². The molecule has 0 amide bonds. The fraction of sp³-hybridized carbons (Fsp3) is 0. The molecule has 0 aliphatic carbocycles. The van der Waals surface area contributed by atoms with Crippen LogP contribution in [-0.4, -0.2) is 9.38 Å². The highest BCUT2D eigenvalue weighted by molar-refractivity contribution is 9.10. The average Bonchev–Trinajstić information content (AvgIpc) is 2.97. The molecule has 92 valence electrons. The molecule has 0 spiro atoms. The first-order chi connectivity index (χ1) is 9.31. The highest BCUT2D eigenvalue weighted by atomic mass is 79.9. The molecule has 0 N–H and O–H groups in total. The van der Waals surface area contributed by atoms with Crippen LogP contribution in [0.1, 0.15) is 0 Å². The van der Waals surface area contributed by atoms with Crippen LogP contribution in [-0.2, 0) is 0 Å². The van der Waals surface area contributed by atoms with Crippen molar-refractivity contribution in [3.8, 4) is 11.3 Å². The number of aromatic nitrogens is 2. The van der Waals surface area contributed by atoms with E-state index in [-0.39, 0.29) is 0 Å². The Hall–Kier alpha value is -2.07. The molecule has 19 heavy (non-hydrogen) atoms. The van der Waals surface area contributed by atoms with Gasteiger partial charge in [0, 0.05) is 16.2 Å². The summed E-state index contributed by atoms with van der Waals surface area (Å²) in [5.41, 5.74) is 3.88. The molecule has 0 atom stereocenters. The van der Waals surface area contributed by atoms with Crippen LogP contribution in [0.25, 0.3) is 28.2 Å². The van der Waals surface area contributed by atoms with Crippen molar-refractivity contribution in [2.45, 2.75) is 0 Å². The molecular weight excluding hydrogens is 304 g/mol. The number of benzene rings is 2. The van der Waals surface area contributed by atoms with Gasteiger partial charge >= 0.3 is 5.84 Å². The molecule has 0 aliphatic rings. The van der Waals surface area contributed by atoms with Crippen LogP contribution in [0.2, 0.25) is 0 Å². The Morgan fingerprint density at radius 1 is 1.00 bits per heavy atom. The molecule has 2 aromatic heterocycles. The third-order valence-corrected chi connectivity index (χ3v) is 3.67. The summed E-state index contributed by atoms with van der Waals surface area (Å²) in [6.07, 6.45) is 2.00. The number of para-hydroxylation sites is 2. The minimum atomic E-state index is 0.624. The van der Waals surface area contributed by atoms with E-state index in [0.717, 1.165) is 26.8 Å². The normalized spacial score (nSPS) is 11.4. The van der Waals surface area contributed by atoms with Crippen molar-refractivity contribution in [3.63, 3.8) is 0 Å². The smallest absolute Gasteiger partial charge is 0.307 e. The predicted molar refractivity (Wildman–Crippen MR) is 78.1 cm³/mol. The Morgan fingerprint density at radius 2 is 1.79 bits per heavy atom. The Balaban J connectivity index is 1.94. The lowest BCUT2D eigenvalue weighted by molar-refractivity contribution is 0.642. The van der Waals surface area contributed by atoms with Crippen LogP contribution in [0.3, 0.4) is 0 Å². The number of imidazole rings is 1. The van der Waals surface area contributed by atoms with E-state index < -0.39 is 0 Å². The van der Waals surface area contributed by atoms with Gasteiger partial charge in [-0.15, -0.1) is 0 Å². The van der Waals surface area contributed by atoms with Gasteiger partial charge in [-0.3, -0.25) is 4.40 Å². The summed E-state index contributed by atoms with van der Waals surface area (Å²) >= 11 is 3.43. The van der Waals surface area contributed by atoms with Crippen molar-refractivity contribution < 1.29 is 4.42 Å². The summed E-state index contributed by atoms with van der Waals surface area (Å²) < 4.78 is 8.76. The molecule has 0 saturated carbocycles. The second-order valence-electron chi connectivity index (χ2n) is 4.36. The van der Waals surface area contributed by atoms with Crippen molar-refractivity contribution in [3.05, 3.63) is 59.2 Å². The molecule has 2 aromatic carbocycles. The highest BCUT2D eigenvalue weighted by Crippen LogP contribution is 2.25. The average molecular weight is 313 g/mol. The maximum atomic E-state index is 5.72. The van der Waals surface area contributed by atoms with Crippen LogP contribution < -0.4 is 0 Å². The van der Waals surface area contributed by atoms with E-state index in [2.05, 4.69) is 20.9 Å². The Morgan fingerprint density at radius 3 is 2.63 bits per heavy atom. The maximum absolute atomic E-state index is 5.72. The zero-order valence-electron chi connectivity index (χ0n) is 9.88. The Kier molecular flexibility index (Phi) is 2.26. The first kappa shape index (κ1) is 10.8. The lowest BCUT2D eigenvalue weighted by Gasteiger charge is -1.95. The van der Waals surface area contributed by atoms with E-state index in [1.54, 1.807) is 0 Å². The number of nitrogens with zero attached hydrogens (tertiary/aromatic N) is 2. The SMILES string of the molecule is Brc1ccc(-c2cn3c(n2)oc2ccccc23)cc1. The molecular formula is C15H9BrN2O. The van der Waals surface area contributed by atoms with Crippen LogP contribution in [0.4, 0.5) is 0 Å². The number of hydrogen-bond donors (Lipinski definition) is 0. The molecule has 2 heterocycles. The zero-order chi connectivity index (χ0) is 12.8. The summed E-state index contributed by atoms with van der Waals surface area (Å²) in [6.45, 7) is 0. The fourth-order valence-corrected chi connectivity index (χ4v) is 2.47. The molecule has 3 nitrogen and oxygen atoms in total. The second kappa shape index (κ2) is 3.96. The van der Waals surface area contributed by atoms with E-state index in [0.29, 0.717) is 5.84 Å². The van der Waals surface area contributed by atoms with Crippen molar-refractivity contribution in [1.29, 1.82) is 0 Å². The van der Waals surface area contributed by atoms with Crippen molar-refractivity contribution >= 4 is 32.9 Å². The van der Waals surface area contributed by atoms with Gasteiger partial charge in [-0.25, -0.2) is 0 Å². The lowest BCUT2D eigenvalue weighted by Crippen LogP contribution is -1.77. The summed E-state index contributed by atoms with van der Waals surface area (Å²) in [4.78, 5) is 4.53. The summed E-state index contributed by atoms with van der Waals surface area (Å²) in [5, 5.41) is 0. The molecule has 0 bridgehead atoms. The molecule has 0 saturated heterocycles. The number of halogens is 1. The number of fused-ring (bicyclic) bond motifs is 3. The van der Waals surface area contributed by atoms with Crippen molar-refractivity contribution in [2.24, 2.45) is 0 Å². The van der Waals surface area contributed by atoms with Gasteiger partial charge in [-0.2, -0.15) is 4.98 Å². The third kappa shape index (κ3) is 1.68. The van der Waals surface area contributed by atoms with Crippen LogP contribution in [0.5, 0.6) is 0 Å². The quantitative estimate of drug-likeness (QED) is 0.517. The second-order valence-corrected chi connectivity index (χ2v) is 5.27. The zero-order valence-corrected chi connectivity index (χ0v) is 11.5. The topological polar surface area (TPSA) is 30.4 Å². The van der Waals surface area contributed by atoms with Crippen molar-refractivity contribution in [1.82, 2.24) is 9.38 Å². The van der Waals surface area contributed by atoms with E-state index in [1.807, 2.05) is 59.1 Å². The summed E-state index contributed by atoms with van der Waals surface area (Å²) in [5.74, 6) is 0.624. The van der Waals surface area contributed by atoms with Gasteiger partial charge in [0.2, 0.25) is 0 Å². The first-order valence-electron chi connectivity index (χ1n) is 5.94. The van der Waals surface area contributed by atoms with E-state index in [9.17, 15) is 0 Å². The molecule has 4 rings (SSSR count). The number of rotatable bonds is 1. The minimum Gasteiger partial charge on any atom is -0.423 e. The fourth-order valence-electron chi connectivity index (χ4n) is 2.21. The minimum absolute atomic E-state index is 0.624. The molecule has 0 aliphatic heterocycles. The van der Waals surface area contributed by atoms with Gasteiger partial charge in [0.05, 0.1) is 11.2 Å². The van der Waals surface area contributed by atoms with Gasteiger partial charge in [0.1, 0.15) is 0 Å². The molecule has 0 radical (unpaired) electrons. The van der Waals surface area contributed by atoms with Gasteiger partial charge in [-0.05, 0) is 24.3 Å². The van der Waals surface area contributed by atoms with E-state index in [4.69, 9.17) is 4.42 Å². The molecule has 0 unspecified atom stereocenters. The Labute approximate surface area is 117 Å². The molecule has 0 fully saturated rings. The maximum Gasteiger partial charge on any atom is 0.307 e. The van der Waals surface area contributed by atoms with Gasteiger partial charge in [0.25, 0.3) is 0 Å². The molecule has 4 aromatic rings. The van der Waals surface area contributed by atoms with Crippen molar-refractivity contribution in [2.75, 3.05) is 0 Å². The molecule has 4 heteroatoms. The largest absolute Gasteiger partial charge is 0.423 e. The first-order valence-corrected chi connectivity index (χ1v) is 6.73. The van der Waals surface area contributed by atoms with Crippen LogP contribution in [0, 0.1) is 0 Å². The lowest BCUT2D eigenvalue weighted by atomic mass is 10.2. The van der Waals surface area contributed by atoms with Gasteiger partial charge in [0.15, 0.2) is 5.58 Å². The number of oxazole rings is 1. The number of hydrogen-bond acceptors (Lipinski definition) is 2. The highest BCUT2D eigenvalue weighted by Gasteiger charge is 2.10. The monoisotopic (exact) mass is 312 g/mol. The van der Waals surface area contributed by atoms with Crippen LogP contribution >= 0.6 is 15.9 Å². The summed E-state index contributed by atoms with van der Waals surface area (Å²) in [7, 11) is 0. The van der Waals surface area contributed by atoms with Gasteiger partial charge < -0.3 is 4.42 Å². The third-order valence-electron chi connectivity index (χ3n) is 3.14. The van der Waals surface area contributed by atoms with Crippen LogP contribution in [0.15, 0.2) is 63.6 Å². The van der Waals surface area contributed by atoms with Gasteiger partial charge in [-0.1, -0.05) is 40.2 Å². The Bertz CT molecular complexity index is 874. The van der Waals surface area contributed by atoms with E-state index >= 15 is 0 Å².